The molecule has 0 aliphatic carbocycles. The Morgan fingerprint density at radius 2 is 1.81 bits per heavy atom. The number of nitrogens with zero attached hydrogens (tertiary/aromatic N) is 2. The van der Waals surface area contributed by atoms with Crippen LogP contribution in [0.15, 0.2) is 53.5 Å². The first-order valence-corrected chi connectivity index (χ1v) is 6.94. The van der Waals surface area contributed by atoms with Gasteiger partial charge in [-0.05, 0) is 43.2 Å². The highest BCUT2D eigenvalue weighted by molar-refractivity contribution is 5.99. The topological polar surface area (TPSA) is 41.6 Å². The van der Waals surface area contributed by atoms with Crippen LogP contribution in [0.2, 0.25) is 0 Å². The van der Waals surface area contributed by atoms with Gasteiger partial charge < -0.3 is 10.6 Å². The number of hydrogen-bond acceptors (Lipinski definition) is 3. The van der Waals surface area contributed by atoms with Crippen LogP contribution >= 0.6 is 0 Å². The first kappa shape index (κ1) is 13.6. The van der Waals surface area contributed by atoms with Crippen molar-refractivity contribution in [2.45, 2.75) is 19.4 Å². The number of para-hydroxylation sites is 1. The lowest BCUT2D eigenvalue weighted by Gasteiger charge is -2.37. The van der Waals surface area contributed by atoms with Crippen molar-refractivity contribution in [3.8, 4) is 0 Å². The molecule has 0 amide bonds. The predicted octanol–water partition coefficient (Wildman–Crippen LogP) is 3.18. The summed E-state index contributed by atoms with van der Waals surface area (Å²) < 4.78 is 13.2. The Hall–Kier alpha value is -2.36. The van der Waals surface area contributed by atoms with Gasteiger partial charge in [-0.25, -0.2) is 4.39 Å². The molecule has 2 aromatic carbocycles. The zero-order chi connectivity index (χ0) is 15.0. The van der Waals surface area contributed by atoms with Crippen LogP contribution in [-0.2, 0) is 5.54 Å². The largest absolute Gasteiger partial charge is 0.369 e. The number of rotatable bonds is 2. The number of anilines is 1. The van der Waals surface area contributed by atoms with E-state index in [0.717, 1.165) is 16.8 Å². The second-order valence-corrected chi connectivity index (χ2v) is 5.58. The Morgan fingerprint density at radius 3 is 2.48 bits per heavy atom. The monoisotopic (exact) mass is 283 g/mol. The van der Waals surface area contributed by atoms with Gasteiger partial charge in [-0.3, -0.25) is 4.99 Å². The Morgan fingerprint density at radius 1 is 1.14 bits per heavy atom. The second-order valence-electron chi connectivity index (χ2n) is 5.58. The minimum absolute atomic E-state index is 0.239. The first-order valence-electron chi connectivity index (χ1n) is 6.94. The molecule has 108 valence electrons. The van der Waals surface area contributed by atoms with Gasteiger partial charge in [0.1, 0.15) is 5.82 Å². The van der Waals surface area contributed by atoms with Crippen LogP contribution in [0.3, 0.4) is 0 Å². The van der Waals surface area contributed by atoms with Crippen molar-refractivity contribution in [1.29, 1.82) is 0 Å². The molecule has 0 radical (unpaired) electrons. The number of aryl methyl sites for hydroxylation is 1. The second kappa shape index (κ2) is 4.88. The van der Waals surface area contributed by atoms with Gasteiger partial charge in [-0.1, -0.05) is 30.3 Å². The summed E-state index contributed by atoms with van der Waals surface area (Å²) in [7, 11) is 0. The zero-order valence-electron chi connectivity index (χ0n) is 12.2. The normalized spacial score (nSPS) is 21.5. The Bertz CT molecular complexity index is 693. The Labute approximate surface area is 123 Å². The van der Waals surface area contributed by atoms with E-state index in [-0.39, 0.29) is 5.82 Å². The number of halogens is 1. The lowest BCUT2D eigenvalue weighted by Crippen LogP contribution is -2.48. The van der Waals surface area contributed by atoms with Crippen LogP contribution in [0, 0.1) is 12.7 Å². The molecule has 21 heavy (non-hydrogen) atoms. The van der Waals surface area contributed by atoms with Gasteiger partial charge >= 0.3 is 0 Å². The van der Waals surface area contributed by atoms with Gasteiger partial charge in [0.05, 0.1) is 12.1 Å². The third-order valence-electron chi connectivity index (χ3n) is 4.09. The molecule has 0 fully saturated rings. The van der Waals surface area contributed by atoms with Crippen molar-refractivity contribution < 1.29 is 4.39 Å². The number of hydrogen-bond donors (Lipinski definition) is 1. The molecule has 0 saturated carbocycles. The molecule has 3 rings (SSSR count). The standard InChI is InChI=1S/C17H18FN3/c1-12-5-3-4-6-15(12)21-16(19)20-11-17(21,2)13-7-9-14(18)10-8-13/h3-10H,11H2,1-2H3,(H2,19,20). The van der Waals surface area contributed by atoms with E-state index in [4.69, 9.17) is 5.73 Å². The predicted molar refractivity (Wildman–Crippen MR) is 83.9 cm³/mol. The fraction of sp³-hybridized carbons (Fsp3) is 0.235. The molecule has 1 unspecified atom stereocenters. The van der Waals surface area contributed by atoms with Crippen molar-refractivity contribution in [3.63, 3.8) is 0 Å². The molecule has 3 nitrogen and oxygen atoms in total. The van der Waals surface area contributed by atoms with Crippen molar-refractivity contribution in [1.82, 2.24) is 0 Å². The maximum Gasteiger partial charge on any atom is 0.196 e. The maximum atomic E-state index is 13.2. The van der Waals surface area contributed by atoms with Crippen LogP contribution in [0.5, 0.6) is 0 Å². The van der Waals surface area contributed by atoms with E-state index < -0.39 is 5.54 Å². The van der Waals surface area contributed by atoms with Gasteiger partial charge in [0.2, 0.25) is 0 Å². The van der Waals surface area contributed by atoms with Crippen LogP contribution in [0.1, 0.15) is 18.1 Å². The van der Waals surface area contributed by atoms with E-state index in [1.807, 2.05) is 36.1 Å². The minimum atomic E-state index is -0.399. The molecule has 1 heterocycles. The summed E-state index contributed by atoms with van der Waals surface area (Å²) in [6, 6.07) is 14.6. The van der Waals surface area contributed by atoms with Crippen molar-refractivity contribution in [3.05, 3.63) is 65.5 Å². The molecule has 0 bridgehead atoms. The molecular weight excluding hydrogens is 265 g/mol. The molecule has 0 spiro atoms. The number of benzene rings is 2. The Balaban J connectivity index is 2.10. The fourth-order valence-corrected chi connectivity index (χ4v) is 2.86. The molecule has 2 aromatic rings. The fourth-order valence-electron chi connectivity index (χ4n) is 2.86. The highest BCUT2D eigenvalue weighted by Gasteiger charge is 2.41. The Kier molecular flexibility index (Phi) is 3.16. The summed E-state index contributed by atoms with van der Waals surface area (Å²) in [5.74, 6) is 0.257. The summed E-state index contributed by atoms with van der Waals surface area (Å²) in [4.78, 5) is 6.45. The molecule has 1 atom stereocenters. The molecule has 2 N–H and O–H groups in total. The summed E-state index contributed by atoms with van der Waals surface area (Å²) in [5.41, 5.74) is 8.88. The van der Waals surface area contributed by atoms with Crippen LogP contribution in [0.25, 0.3) is 0 Å². The van der Waals surface area contributed by atoms with Gasteiger partial charge in [0, 0.05) is 5.69 Å². The maximum absolute atomic E-state index is 13.2. The molecule has 1 aliphatic rings. The van der Waals surface area contributed by atoms with Crippen molar-refractivity contribution in [2.24, 2.45) is 10.7 Å². The number of nitrogens with two attached hydrogens (primary N) is 1. The minimum Gasteiger partial charge on any atom is -0.369 e. The third-order valence-corrected chi connectivity index (χ3v) is 4.09. The quantitative estimate of drug-likeness (QED) is 0.919. The summed E-state index contributed by atoms with van der Waals surface area (Å²) >= 11 is 0. The van der Waals surface area contributed by atoms with Crippen LogP contribution in [0.4, 0.5) is 10.1 Å². The molecule has 4 heteroatoms. The molecule has 1 aliphatic heterocycles. The van der Waals surface area contributed by atoms with E-state index in [0.29, 0.717) is 12.5 Å². The highest BCUT2D eigenvalue weighted by Crippen LogP contribution is 2.38. The molecule has 0 aromatic heterocycles. The first-order chi connectivity index (χ1) is 10.0. The lowest BCUT2D eigenvalue weighted by atomic mass is 9.90. The average Bonchev–Trinajstić information content (AvgIpc) is 2.77. The summed E-state index contributed by atoms with van der Waals surface area (Å²) in [6.45, 7) is 4.68. The zero-order valence-corrected chi connectivity index (χ0v) is 12.2. The van der Waals surface area contributed by atoms with Crippen molar-refractivity contribution in [2.75, 3.05) is 11.4 Å². The van der Waals surface area contributed by atoms with Gasteiger partial charge in [-0.15, -0.1) is 0 Å². The molecular formula is C17H18FN3. The van der Waals surface area contributed by atoms with E-state index in [9.17, 15) is 4.39 Å². The summed E-state index contributed by atoms with van der Waals surface area (Å²) in [5, 5.41) is 0. The van der Waals surface area contributed by atoms with Crippen LogP contribution in [-0.4, -0.2) is 12.5 Å². The smallest absolute Gasteiger partial charge is 0.196 e. The van der Waals surface area contributed by atoms with Gasteiger partial charge in [-0.2, -0.15) is 0 Å². The van der Waals surface area contributed by atoms with Gasteiger partial charge in [0.15, 0.2) is 5.96 Å². The van der Waals surface area contributed by atoms with Crippen LogP contribution < -0.4 is 10.6 Å². The van der Waals surface area contributed by atoms with E-state index >= 15 is 0 Å². The van der Waals surface area contributed by atoms with Gasteiger partial charge in [0.25, 0.3) is 0 Å². The number of guanidine groups is 1. The van der Waals surface area contributed by atoms with E-state index in [1.54, 1.807) is 12.1 Å². The SMILES string of the molecule is Cc1ccccc1N1C(N)=NCC1(C)c1ccc(F)cc1. The number of aliphatic imine (C=N–C) groups is 1. The average molecular weight is 283 g/mol. The molecule has 0 saturated heterocycles. The van der Waals surface area contributed by atoms with E-state index in [1.165, 1.54) is 12.1 Å². The highest BCUT2D eigenvalue weighted by atomic mass is 19.1. The lowest BCUT2D eigenvalue weighted by molar-refractivity contribution is 0.529. The third kappa shape index (κ3) is 2.17. The van der Waals surface area contributed by atoms with E-state index in [2.05, 4.69) is 11.9 Å². The summed E-state index contributed by atoms with van der Waals surface area (Å²) in [6.07, 6.45) is 0. The van der Waals surface area contributed by atoms with Crippen molar-refractivity contribution >= 4 is 11.6 Å².